The van der Waals surface area contributed by atoms with Crippen LogP contribution in [0.4, 0.5) is 0 Å². The second kappa shape index (κ2) is 8.82. The summed E-state index contributed by atoms with van der Waals surface area (Å²) in [6.07, 6.45) is 1.38. The van der Waals surface area contributed by atoms with Crippen molar-refractivity contribution in [2.24, 2.45) is 0 Å². The molecule has 1 unspecified atom stereocenters. The van der Waals surface area contributed by atoms with Gasteiger partial charge in [-0.25, -0.2) is 0 Å². The summed E-state index contributed by atoms with van der Waals surface area (Å²) in [4.78, 5) is 14.5. The Hall–Kier alpha value is -3.28. The van der Waals surface area contributed by atoms with E-state index in [4.69, 9.17) is 9.47 Å². The van der Waals surface area contributed by atoms with Gasteiger partial charge in [0, 0.05) is 19.0 Å². The molecule has 6 heteroatoms. The van der Waals surface area contributed by atoms with Crippen LogP contribution in [0.2, 0.25) is 0 Å². The van der Waals surface area contributed by atoms with E-state index < -0.39 is 0 Å². The predicted molar refractivity (Wildman–Crippen MR) is 110 cm³/mol. The minimum absolute atomic E-state index is 0.175. The molecule has 1 saturated heterocycles. The predicted octanol–water partition coefficient (Wildman–Crippen LogP) is 3.56. The van der Waals surface area contributed by atoms with Gasteiger partial charge in [0.25, 0.3) is 0 Å². The van der Waals surface area contributed by atoms with Gasteiger partial charge in [-0.15, -0.1) is 0 Å². The summed E-state index contributed by atoms with van der Waals surface area (Å²) in [5.74, 6) is 1.83. The second-order valence-electron chi connectivity index (χ2n) is 7.25. The van der Waals surface area contributed by atoms with E-state index in [1.54, 1.807) is 7.11 Å². The minimum Gasteiger partial charge on any atom is -0.493 e. The lowest BCUT2D eigenvalue weighted by molar-refractivity contribution is -0.129. The lowest BCUT2D eigenvalue weighted by Crippen LogP contribution is -2.29. The molecule has 1 amide bonds. The van der Waals surface area contributed by atoms with E-state index >= 15 is 0 Å². The Kier molecular flexibility index (Phi) is 5.79. The van der Waals surface area contributed by atoms with Crippen molar-refractivity contribution in [1.29, 1.82) is 0 Å². The molecular weight excluding hydrogens is 366 g/mol. The van der Waals surface area contributed by atoms with Gasteiger partial charge in [-0.1, -0.05) is 42.5 Å². The number of hydrogen-bond donors (Lipinski definition) is 1. The van der Waals surface area contributed by atoms with Crippen LogP contribution in [0, 0.1) is 0 Å². The maximum Gasteiger partial charge on any atom is 0.227 e. The van der Waals surface area contributed by atoms with E-state index in [1.165, 1.54) is 0 Å². The molecule has 6 nitrogen and oxygen atoms in total. The van der Waals surface area contributed by atoms with Crippen LogP contribution in [0.1, 0.15) is 29.3 Å². The maximum atomic E-state index is 12.6. The van der Waals surface area contributed by atoms with E-state index in [1.807, 2.05) is 65.6 Å². The summed E-state index contributed by atoms with van der Waals surface area (Å²) in [5, 5.41) is 7.51. The monoisotopic (exact) mass is 391 g/mol. The molecule has 3 aromatic rings. The Balaban J connectivity index is 1.32. The van der Waals surface area contributed by atoms with Gasteiger partial charge in [-0.2, -0.15) is 5.10 Å². The molecule has 0 saturated carbocycles. The lowest BCUT2D eigenvalue weighted by atomic mass is 10.1. The Morgan fingerprint density at radius 3 is 2.69 bits per heavy atom. The summed E-state index contributed by atoms with van der Waals surface area (Å²) in [6.45, 7) is 1.87. The molecule has 29 heavy (non-hydrogen) atoms. The molecule has 1 aromatic heterocycles. The second-order valence-corrected chi connectivity index (χ2v) is 7.25. The molecule has 4 rings (SSSR count). The maximum absolute atomic E-state index is 12.6. The number of carbonyl (C=O) groups excluding carboxylic acids is 1. The molecule has 0 aliphatic carbocycles. The molecule has 1 fully saturated rings. The molecule has 1 atom stereocenters. The van der Waals surface area contributed by atoms with E-state index in [-0.39, 0.29) is 11.8 Å². The number of likely N-dealkylation sites (tertiary alicyclic amines) is 1. The van der Waals surface area contributed by atoms with Gasteiger partial charge in [0.1, 0.15) is 6.61 Å². The number of aromatic amines is 1. The number of amides is 1. The number of H-pyrrole nitrogens is 1. The van der Waals surface area contributed by atoms with Crippen molar-refractivity contribution in [2.75, 3.05) is 20.2 Å². The van der Waals surface area contributed by atoms with Crippen LogP contribution < -0.4 is 9.47 Å². The smallest absolute Gasteiger partial charge is 0.227 e. The highest BCUT2D eigenvalue weighted by molar-refractivity contribution is 5.79. The number of ether oxygens (including phenoxy) is 2. The van der Waals surface area contributed by atoms with Crippen molar-refractivity contribution in [1.82, 2.24) is 15.1 Å². The molecule has 0 spiro atoms. The summed E-state index contributed by atoms with van der Waals surface area (Å²) >= 11 is 0. The van der Waals surface area contributed by atoms with Gasteiger partial charge < -0.3 is 14.4 Å². The van der Waals surface area contributed by atoms with Crippen LogP contribution in [0.15, 0.2) is 60.7 Å². The van der Waals surface area contributed by atoms with E-state index in [9.17, 15) is 4.79 Å². The first-order chi connectivity index (χ1) is 14.2. The third-order valence-corrected chi connectivity index (χ3v) is 5.26. The minimum atomic E-state index is 0.175. The van der Waals surface area contributed by atoms with Gasteiger partial charge in [0.05, 0.1) is 24.9 Å². The number of hydrogen-bond acceptors (Lipinski definition) is 4. The normalized spacial score (nSPS) is 16.0. The fourth-order valence-electron chi connectivity index (χ4n) is 3.67. The van der Waals surface area contributed by atoms with Gasteiger partial charge >= 0.3 is 0 Å². The molecule has 0 radical (unpaired) electrons. The Morgan fingerprint density at radius 2 is 1.90 bits per heavy atom. The van der Waals surface area contributed by atoms with Gasteiger partial charge in [-0.3, -0.25) is 9.89 Å². The first-order valence-corrected chi connectivity index (χ1v) is 9.84. The van der Waals surface area contributed by atoms with E-state index in [0.717, 1.165) is 29.9 Å². The van der Waals surface area contributed by atoms with Crippen LogP contribution in [-0.4, -0.2) is 41.2 Å². The van der Waals surface area contributed by atoms with Crippen molar-refractivity contribution >= 4 is 5.91 Å². The number of nitrogens with one attached hydrogen (secondary N) is 1. The number of carbonyl (C=O) groups is 1. The van der Waals surface area contributed by atoms with Crippen molar-refractivity contribution in [2.45, 2.75) is 25.4 Å². The van der Waals surface area contributed by atoms with Crippen LogP contribution in [0.5, 0.6) is 11.5 Å². The molecule has 1 aliphatic rings. The third kappa shape index (κ3) is 4.59. The van der Waals surface area contributed by atoms with Crippen molar-refractivity contribution < 1.29 is 14.3 Å². The number of aromatic nitrogens is 2. The molecule has 150 valence electrons. The largest absolute Gasteiger partial charge is 0.493 e. The van der Waals surface area contributed by atoms with Crippen LogP contribution >= 0.6 is 0 Å². The molecule has 1 N–H and O–H groups in total. The highest BCUT2D eigenvalue weighted by atomic mass is 16.5. The Bertz CT molecular complexity index is 955. The Morgan fingerprint density at radius 1 is 1.14 bits per heavy atom. The highest BCUT2D eigenvalue weighted by Gasteiger charge is 2.28. The molecule has 2 aromatic carbocycles. The number of nitrogens with zero attached hydrogens (tertiary/aromatic N) is 2. The third-order valence-electron chi connectivity index (χ3n) is 5.26. The lowest BCUT2D eigenvalue weighted by Gasteiger charge is -2.16. The van der Waals surface area contributed by atoms with Crippen LogP contribution in [0.25, 0.3) is 0 Å². The Labute approximate surface area is 170 Å². The average molecular weight is 391 g/mol. The fourth-order valence-corrected chi connectivity index (χ4v) is 3.67. The van der Waals surface area contributed by atoms with Gasteiger partial charge in [0.15, 0.2) is 11.5 Å². The summed E-state index contributed by atoms with van der Waals surface area (Å²) in [5.41, 5.74) is 2.94. The standard InChI is InChI=1S/C23H25N3O3/c1-28-21-9-5-6-10-22(21)29-16-19-14-20(25-24-19)18-11-12-26(15-18)23(27)13-17-7-3-2-4-8-17/h2-10,14,18H,11-13,15-16H2,1H3,(H,24,25). The van der Waals surface area contributed by atoms with Gasteiger partial charge in [0.2, 0.25) is 5.91 Å². The van der Waals surface area contributed by atoms with Gasteiger partial charge in [-0.05, 0) is 30.2 Å². The topological polar surface area (TPSA) is 67.5 Å². The molecule has 2 heterocycles. The summed E-state index contributed by atoms with van der Waals surface area (Å²) in [7, 11) is 1.63. The van der Waals surface area contributed by atoms with E-state index in [2.05, 4.69) is 10.2 Å². The van der Waals surface area contributed by atoms with Crippen molar-refractivity contribution in [3.8, 4) is 11.5 Å². The molecular formula is C23H25N3O3. The zero-order valence-electron chi connectivity index (χ0n) is 16.5. The van der Waals surface area contributed by atoms with Crippen molar-refractivity contribution in [3.05, 3.63) is 77.6 Å². The number of methoxy groups -OCH3 is 1. The zero-order chi connectivity index (χ0) is 20.1. The molecule has 0 bridgehead atoms. The fraction of sp³-hybridized carbons (Fsp3) is 0.304. The number of para-hydroxylation sites is 2. The highest BCUT2D eigenvalue weighted by Crippen LogP contribution is 2.28. The SMILES string of the molecule is COc1ccccc1OCc1cc(C2CCN(C(=O)Cc3ccccc3)C2)n[nH]1. The first-order valence-electron chi connectivity index (χ1n) is 9.84. The quantitative estimate of drug-likeness (QED) is 0.669. The van der Waals surface area contributed by atoms with Crippen LogP contribution in [0.3, 0.4) is 0 Å². The number of benzene rings is 2. The molecule has 1 aliphatic heterocycles. The zero-order valence-corrected chi connectivity index (χ0v) is 16.5. The van der Waals surface area contributed by atoms with Crippen LogP contribution in [-0.2, 0) is 17.8 Å². The number of rotatable bonds is 7. The average Bonchev–Trinajstić information content (AvgIpc) is 3.43. The summed E-state index contributed by atoms with van der Waals surface area (Å²) in [6, 6.07) is 19.5. The summed E-state index contributed by atoms with van der Waals surface area (Å²) < 4.78 is 11.2. The first kappa shape index (κ1) is 19.1. The van der Waals surface area contributed by atoms with E-state index in [0.29, 0.717) is 31.1 Å². The van der Waals surface area contributed by atoms with Crippen molar-refractivity contribution in [3.63, 3.8) is 0 Å².